The minimum atomic E-state index is 0.605. The number of nitrogens with one attached hydrogen (secondary N) is 1. The topological polar surface area (TPSA) is 29.9 Å². The van der Waals surface area contributed by atoms with Crippen molar-refractivity contribution in [2.24, 2.45) is 13.0 Å². The van der Waals surface area contributed by atoms with Crippen LogP contribution < -0.4 is 5.32 Å². The van der Waals surface area contributed by atoms with E-state index < -0.39 is 0 Å². The van der Waals surface area contributed by atoms with E-state index in [2.05, 4.69) is 30.5 Å². The molecule has 1 fully saturated rings. The Morgan fingerprint density at radius 3 is 2.67 bits per heavy atom. The maximum Gasteiger partial charge on any atom is 0.0684 e. The molecule has 1 aliphatic rings. The smallest absolute Gasteiger partial charge is 0.0684 e. The molecule has 0 bridgehead atoms. The van der Waals surface area contributed by atoms with Crippen LogP contribution in [0.4, 0.5) is 0 Å². The Morgan fingerprint density at radius 2 is 2.13 bits per heavy atom. The molecule has 0 spiro atoms. The average molecular weight is 207 g/mol. The quantitative estimate of drug-likeness (QED) is 0.802. The number of nitrogens with zero attached hydrogens (tertiary/aromatic N) is 2. The van der Waals surface area contributed by atoms with Gasteiger partial charge in [-0.3, -0.25) is 4.68 Å². The van der Waals surface area contributed by atoms with E-state index in [0.29, 0.717) is 5.92 Å². The predicted octanol–water partition coefficient (Wildman–Crippen LogP) is 1.83. The number of aromatic nitrogens is 2. The summed E-state index contributed by atoms with van der Waals surface area (Å²) in [6, 6.07) is 0. The van der Waals surface area contributed by atoms with Gasteiger partial charge in [-0.2, -0.15) is 5.10 Å². The fourth-order valence-electron chi connectivity index (χ4n) is 2.64. The highest BCUT2D eigenvalue weighted by Crippen LogP contribution is 2.30. The summed E-state index contributed by atoms with van der Waals surface area (Å²) < 4.78 is 1.93. The molecule has 15 heavy (non-hydrogen) atoms. The number of aryl methyl sites for hydroxylation is 2. The lowest BCUT2D eigenvalue weighted by Gasteiger charge is -2.27. The highest BCUT2D eigenvalue weighted by molar-refractivity contribution is 5.19. The molecule has 0 radical (unpaired) electrons. The number of hydrogen-bond acceptors (Lipinski definition) is 2. The first-order chi connectivity index (χ1) is 7.18. The first kappa shape index (κ1) is 10.7. The van der Waals surface area contributed by atoms with Crippen molar-refractivity contribution < 1.29 is 0 Å². The third-order valence-corrected chi connectivity index (χ3v) is 3.57. The third kappa shape index (κ3) is 2.23. The van der Waals surface area contributed by atoms with E-state index >= 15 is 0 Å². The molecule has 2 rings (SSSR count). The van der Waals surface area contributed by atoms with E-state index in [1.165, 1.54) is 37.2 Å². The molecule has 1 unspecified atom stereocenters. The SMILES string of the molecule is Cc1cn(C)nc1C(C)C1CCNCC1. The Labute approximate surface area is 91.9 Å². The Kier molecular flexibility index (Phi) is 3.10. The van der Waals surface area contributed by atoms with Crippen LogP contribution in [0.1, 0.15) is 36.9 Å². The van der Waals surface area contributed by atoms with Gasteiger partial charge >= 0.3 is 0 Å². The highest BCUT2D eigenvalue weighted by atomic mass is 15.3. The molecule has 1 saturated heterocycles. The Hall–Kier alpha value is -0.830. The maximum atomic E-state index is 4.58. The molecule has 1 atom stereocenters. The van der Waals surface area contributed by atoms with Crippen LogP contribution >= 0.6 is 0 Å². The summed E-state index contributed by atoms with van der Waals surface area (Å²) in [5, 5.41) is 8.00. The summed E-state index contributed by atoms with van der Waals surface area (Å²) in [6.07, 6.45) is 4.70. The lowest BCUT2D eigenvalue weighted by molar-refractivity contribution is 0.325. The van der Waals surface area contributed by atoms with Crippen LogP contribution in [0.3, 0.4) is 0 Å². The van der Waals surface area contributed by atoms with Crippen LogP contribution in [0, 0.1) is 12.8 Å². The molecule has 0 aliphatic carbocycles. The van der Waals surface area contributed by atoms with Gasteiger partial charge < -0.3 is 5.32 Å². The monoisotopic (exact) mass is 207 g/mol. The van der Waals surface area contributed by atoms with Crippen molar-refractivity contribution in [2.45, 2.75) is 32.6 Å². The molecule has 0 amide bonds. The molecular formula is C12H21N3. The third-order valence-electron chi connectivity index (χ3n) is 3.57. The summed E-state index contributed by atoms with van der Waals surface area (Å²) in [7, 11) is 2.01. The van der Waals surface area contributed by atoms with Crippen LogP contribution in [0.25, 0.3) is 0 Å². The fourth-order valence-corrected chi connectivity index (χ4v) is 2.64. The van der Waals surface area contributed by atoms with Crippen LogP contribution in [0.2, 0.25) is 0 Å². The molecule has 0 aromatic carbocycles. The molecule has 0 saturated carbocycles. The van der Waals surface area contributed by atoms with Crippen molar-refractivity contribution in [1.82, 2.24) is 15.1 Å². The van der Waals surface area contributed by atoms with Gasteiger partial charge in [0.15, 0.2) is 0 Å². The second-order valence-electron chi connectivity index (χ2n) is 4.75. The average Bonchev–Trinajstić information content (AvgIpc) is 2.58. The molecule has 2 heterocycles. The second kappa shape index (κ2) is 4.35. The Bertz CT molecular complexity index is 324. The molecule has 84 valence electrons. The summed E-state index contributed by atoms with van der Waals surface area (Å²) in [6.45, 7) is 6.83. The highest BCUT2D eigenvalue weighted by Gasteiger charge is 2.24. The van der Waals surface area contributed by atoms with E-state index in [4.69, 9.17) is 0 Å². The van der Waals surface area contributed by atoms with Crippen molar-refractivity contribution in [1.29, 1.82) is 0 Å². The standard InChI is InChI=1S/C12H21N3/c1-9-8-15(3)14-12(9)10(2)11-4-6-13-7-5-11/h8,10-11,13H,4-7H2,1-3H3. The van der Waals surface area contributed by atoms with Gasteiger partial charge in [-0.25, -0.2) is 0 Å². The first-order valence-electron chi connectivity index (χ1n) is 5.89. The lowest BCUT2D eigenvalue weighted by Crippen LogP contribution is -2.30. The van der Waals surface area contributed by atoms with Gasteiger partial charge in [-0.1, -0.05) is 6.92 Å². The van der Waals surface area contributed by atoms with Gasteiger partial charge in [0.05, 0.1) is 5.69 Å². The van der Waals surface area contributed by atoms with Gasteiger partial charge in [0.25, 0.3) is 0 Å². The molecule has 1 aromatic heterocycles. The van der Waals surface area contributed by atoms with Gasteiger partial charge in [0, 0.05) is 19.2 Å². The van der Waals surface area contributed by atoms with Crippen LogP contribution in [0.15, 0.2) is 6.20 Å². The number of rotatable bonds is 2. The second-order valence-corrected chi connectivity index (χ2v) is 4.75. The number of hydrogen-bond donors (Lipinski definition) is 1. The van der Waals surface area contributed by atoms with Crippen molar-refractivity contribution >= 4 is 0 Å². The maximum absolute atomic E-state index is 4.58. The van der Waals surface area contributed by atoms with Crippen LogP contribution in [-0.4, -0.2) is 22.9 Å². The largest absolute Gasteiger partial charge is 0.317 e. The van der Waals surface area contributed by atoms with E-state index in [0.717, 1.165) is 5.92 Å². The summed E-state index contributed by atoms with van der Waals surface area (Å²) in [5.41, 5.74) is 2.63. The molecule has 3 heteroatoms. The number of piperidine rings is 1. The predicted molar refractivity (Wildman–Crippen MR) is 62.0 cm³/mol. The van der Waals surface area contributed by atoms with Gasteiger partial charge in [0.1, 0.15) is 0 Å². The van der Waals surface area contributed by atoms with Gasteiger partial charge in [-0.05, 0) is 44.3 Å². The molecule has 1 N–H and O–H groups in total. The van der Waals surface area contributed by atoms with Crippen molar-refractivity contribution in [3.8, 4) is 0 Å². The van der Waals surface area contributed by atoms with E-state index in [9.17, 15) is 0 Å². The van der Waals surface area contributed by atoms with Crippen molar-refractivity contribution in [3.05, 3.63) is 17.5 Å². The minimum absolute atomic E-state index is 0.605. The Balaban J connectivity index is 2.12. The molecule has 3 nitrogen and oxygen atoms in total. The zero-order valence-electron chi connectivity index (χ0n) is 9.95. The van der Waals surface area contributed by atoms with Crippen molar-refractivity contribution in [2.75, 3.05) is 13.1 Å². The van der Waals surface area contributed by atoms with E-state index in [-0.39, 0.29) is 0 Å². The van der Waals surface area contributed by atoms with Crippen LogP contribution in [0.5, 0.6) is 0 Å². The van der Waals surface area contributed by atoms with E-state index in [1.54, 1.807) is 0 Å². The van der Waals surface area contributed by atoms with Gasteiger partial charge in [0.2, 0.25) is 0 Å². The fraction of sp³-hybridized carbons (Fsp3) is 0.750. The Morgan fingerprint density at radius 1 is 1.47 bits per heavy atom. The summed E-state index contributed by atoms with van der Waals surface area (Å²) in [4.78, 5) is 0. The lowest BCUT2D eigenvalue weighted by atomic mass is 9.83. The summed E-state index contributed by atoms with van der Waals surface area (Å²) in [5.74, 6) is 1.41. The summed E-state index contributed by atoms with van der Waals surface area (Å²) >= 11 is 0. The molecular weight excluding hydrogens is 186 g/mol. The first-order valence-corrected chi connectivity index (χ1v) is 5.89. The van der Waals surface area contributed by atoms with Gasteiger partial charge in [-0.15, -0.1) is 0 Å². The molecule has 1 aliphatic heterocycles. The van der Waals surface area contributed by atoms with Crippen molar-refractivity contribution in [3.63, 3.8) is 0 Å². The zero-order valence-corrected chi connectivity index (χ0v) is 9.95. The molecule has 1 aromatic rings. The normalized spacial score (nSPS) is 20.5. The van der Waals surface area contributed by atoms with E-state index in [1.807, 2.05) is 11.7 Å². The zero-order chi connectivity index (χ0) is 10.8. The van der Waals surface area contributed by atoms with Crippen LogP contribution in [-0.2, 0) is 7.05 Å². The minimum Gasteiger partial charge on any atom is -0.317 e.